The zero-order chi connectivity index (χ0) is 19.2. The topological polar surface area (TPSA) is 81.8 Å². The predicted octanol–water partition coefficient (Wildman–Crippen LogP) is 2.47. The van der Waals surface area contributed by atoms with Crippen molar-refractivity contribution in [1.82, 2.24) is 10.2 Å². The third-order valence-corrected chi connectivity index (χ3v) is 6.47. The smallest absolute Gasteiger partial charge is 0.319 e. The number of rotatable bonds is 8. The van der Waals surface area contributed by atoms with E-state index in [1.807, 2.05) is 0 Å². The molecule has 2 amide bonds. The number of anilines is 2. The molecule has 7 nitrogen and oxygen atoms in total. The van der Waals surface area contributed by atoms with Crippen molar-refractivity contribution in [2.75, 3.05) is 42.1 Å². The van der Waals surface area contributed by atoms with Crippen molar-refractivity contribution in [3.05, 3.63) is 24.3 Å². The van der Waals surface area contributed by atoms with E-state index in [0.717, 1.165) is 19.4 Å². The lowest BCUT2D eigenvalue weighted by Gasteiger charge is -2.20. The van der Waals surface area contributed by atoms with E-state index in [4.69, 9.17) is 0 Å². The first kappa shape index (κ1) is 20.5. The van der Waals surface area contributed by atoms with Crippen LogP contribution in [0.3, 0.4) is 0 Å². The molecule has 1 fully saturated rings. The summed E-state index contributed by atoms with van der Waals surface area (Å²) in [4.78, 5) is 14.3. The van der Waals surface area contributed by atoms with E-state index in [1.165, 1.54) is 4.31 Å². The van der Waals surface area contributed by atoms with Gasteiger partial charge in [-0.05, 0) is 64.9 Å². The highest BCUT2D eigenvalue weighted by Gasteiger charge is 2.28. The second-order valence-corrected chi connectivity index (χ2v) is 8.97. The molecule has 8 heteroatoms. The maximum absolute atomic E-state index is 12.0. The van der Waals surface area contributed by atoms with E-state index < -0.39 is 10.0 Å². The van der Waals surface area contributed by atoms with Crippen molar-refractivity contribution in [3.63, 3.8) is 0 Å². The van der Waals surface area contributed by atoms with Crippen molar-refractivity contribution < 1.29 is 13.2 Å². The van der Waals surface area contributed by atoms with Gasteiger partial charge in [0.05, 0.1) is 11.4 Å². The Morgan fingerprint density at radius 1 is 1.31 bits per heavy atom. The van der Waals surface area contributed by atoms with Crippen LogP contribution in [0.5, 0.6) is 0 Å². The summed E-state index contributed by atoms with van der Waals surface area (Å²) in [5.41, 5.74) is 1.18. The molecule has 0 bridgehead atoms. The summed E-state index contributed by atoms with van der Waals surface area (Å²) >= 11 is 0. The lowest BCUT2D eigenvalue weighted by atomic mass is 10.2. The van der Waals surface area contributed by atoms with Crippen molar-refractivity contribution in [1.29, 1.82) is 0 Å². The van der Waals surface area contributed by atoms with Crippen LogP contribution in [0.1, 0.15) is 33.1 Å². The average Bonchev–Trinajstić information content (AvgIpc) is 2.93. The quantitative estimate of drug-likeness (QED) is 0.677. The van der Waals surface area contributed by atoms with Crippen LogP contribution in [-0.4, -0.2) is 57.8 Å². The highest BCUT2D eigenvalue weighted by atomic mass is 32.2. The summed E-state index contributed by atoms with van der Waals surface area (Å²) in [5.74, 6) is 0.178. The number of carbonyl (C=O) groups is 1. The lowest BCUT2D eigenvalue weighted by Crippen LogP contribution is -2.31. The van der Waals surface area contributed by atoms with Crippen molar-refractivity contribution in [2.45, 2.75) is 39.2 Å². The van der Waals surface area contributed by atoms with Gasteiger partial charge in [0.15, 0.2) is 0 Å². The maximum Gasteiger partial charge on any atom is 0.319 e. The Morgan fingerprint density at radius 2 is 2.08 bits per heavy atom. The molecular weight excluding hydrogens is 352 g/mol. The van der Waals surface area contributed by atoms with E-state index >= 15 is 0 Å². The van der Waals surface area contributed by atoms with E-state index in [2.05, 4.69) is 36.4 Å². The molecule has 0 unspecified atom stereocenters. The maximum atomic E-state index is 12.0. The van der Waals surface area contributed by atoms with Crippen LogP contribution in [-0.2, 0) is 10.0 Å². The first-order chi connectivity index (χ1) is 12.3. The third kappa shape index (κ3) is 5.88. The Kier molecular flexibility index (Phi) is 7.28. The van der Waals surface area contributed by atoms with Crippen molar-refractivity contribution >= 4 is 27.4 Å². The molecule has 0 spiro atoms. The minimum atomic E-state index is -3.22. The number of hydrogen-bond donors (Lipinski definition) is 2. The van der Waals surface area contributed by atoms with E-state index in [0.29, 0.717) is 36.9 Å². The standard InChI is InChI=1S/C18H30N4O3S/c1-15(2)21(3)11-5-4-10-19-18(23)20-16-8-6-9-17(14-16)22-12-7-13-26(22,24)25/h6,8-9,14-15H,4-5,7,10-13H2,1-3H3,(H2,19,20,23). The summed E-state index contributed by atoms with van der Waals surface area (Å²) in [5, 5.41) is 5.61. The number of unbranched alkanes of at least 4 members (excludes halogenated alkanes) is 1. The Hall–Kier alpha value is -1.80. The Balaban J connectivity index is 1.78. The van der Waals surface area contributed by atoms with E-state index in [1.54, 1.807) is 24.3 Å². The summed E-state index contributed by atoms with van der Waals surface area (Å²) in [6.07, 6.45) is 2.57. The number of nitrogens with zero attached hydrogens (tertiary/aromatic N) is 2. The van der Waals surface area contributed by atoms with Crippen LogP contribution in [0.4, 0.5) is 16.2 Å². The van der Waals surface area contributed by atoms with Crippen LogP contribution >= 0.6 is 0 Å². The molecule has 1 aromatic carbocycles. The minimum Gasteiger partial charge on any atom is -0.338 e. The van der Waals surface area contributed by atoms with Gasteiger partial charge in [-0.15, -0.1) is 0 Å². The number of sulfonamides is 1. The number of carbonyl (C=O) groups excluding carboxylic acids is 1. The second kappa shape index (κ2) is 9.23. The molecule has 0 aliphatic carbocycles. The number of amides is 2. The number of hydrogen-bond acceptors (Lipinski definition) is 4. The first-order valence-electron chi connectivity index (χ1n) is 9.15. The Labute approximate surface area is 156 Å². The zero-order valence-electron chi connectivity index (χ0n) is 15.9. The van der Waals surface area contributed by atoms with E-state index in [-0.39, 0.29) is 11.8 Å². The largest absolute Gasteiger partial charge is 0.338 e. The number of nitrogens with one attached hydrogen (secondary N) is 2. The van der Waals surface area contributed by atoms with Gasteiger partial charge in [0.1, 0.15) is 0 Å². The van der Waals surface area contributed by atoms with Gasteiger partial charge in [-0.1, -0.05) is 6.07 Å². The van der Waals surface area contributed by atoms with E-state index in [9.17, 15) is 13.2 Å². The monoisotopic (exact) mass is 382 g/mol. The molecule has 1 aliphatic heterocycles. The fourth-order valence-corrected chi connectivity index (χ4v) is 4.35. The fraction of sp³-hybridized carbons (Fsp3) is 0.611. The summed E-state index contributed by atoms with van der Waals surface area (Å²) in [7, 11) is -1.12. The third-order valence-electron chi connectivity index (χ3n) is 4.60. The molecule has 1 heterocycles. The van der Waals surface area contributed by atoms with Gasteiger partial charge >= 0.3 is 6.03 Å². The van der Waals surface area contributed by atoms with Crippen molar-refractivity contribution in [3.8, 4) is 0 Å². The van der Waals surface area contributed by atoms with Gasteiger partial charge in [-0.2, -0.15) is 0 Å². The highest BCUT2D eigenvalue weighted by molar-refractivity contribution is 7.93. The van der Waals surface area contributed by atoms with Crippen LogP contribution < -0.4 is 14.9 Å². The van der Waals surface area contributed by atoms with Gasteiger partial charge < -0.3 is 15.5 Å². The molecule has 2 rings (SSSR count). The molecule has 146 valence electrons. The number of benzene rings is 1. The normalized spacial score (nSPS) is 16.3. The summed E-state index contributed by atoms with van der Waals surface area (Å²) < 4.78 is 25.4. The van der Waals surface area contributed by atoms with Gasteiger partial charge in [-0.3, -0.25) is 4.31 Å². The predicted molar refractivity (Wildman–Crippen MR) is 106 cm³/mol. The van der Waals surface area contributed by atoms with Gasteiger partial charge in [-0.25, -0.2) is 13.2 Å². The molecule has 1 saturated heterocycles. The van der Waals surface area contributed by atoms with Crippen LogP contribution in [0.25, 0.3) is 0 Å². The van der Waals surface area contributed by atoms with Crippen molar-refractivity contribution in [2.24, 2.45) is 0 Å². The molecule has 2 N–H and O–H groups in total. The summed E-state index contributed by atoms with van der Waals surface area (Å²) in [6.45, 7) is 6.43. The first-order valence-corrected chi connectivity index (χ1v) is 10.8. The molecule has 0 radical (unpaired) electrons. The van der Waals surface area contributed by atoms with Crippen LogP contribution in [0.2, 0.25) is 0 Å². The molecule has 26 heavy (non-hydrogen) atoms. The molecule has 0 atom stereocenters. The molecule has 1 aliphatic rings. The Bertz CT molecular complexity index is 706. The van der Waals surface area contributed by atoms with Crippen LogP contribution in [0.15, 0.2) is 24.3 Å². The summed E-state index contributed by atoms with van der Waals surface area (Å²) in [6, 6.07) is 7.20. The fourth-order valence-electron chi connectivity index (χ4n) is 2.79. The number of urea groups is 1. The van der Waals surface area contributed by atoms with Gasteiger partial charge in [0.2, 0.25) is 10.0 Å². The van der Waals surface area contributed by atoms with Gasteiger partial charge in [0, 0.05) is 24.8 Å². The minimum absolute atomic E-state index is 0.178. The van der Waals surface area contributed by atoms with Crippen LogP contribution in [0, 0.1) is 0 Å². The van der Waals surface area contributed by atoms with Gasteiger partial charge in [0.25, 0.3) is 0 Å². The highest BCUT2D eigenvalue weighted by Crippen LogP contribution is 2.26. The molecule has 0 saturated carbocycles. The lowest BCUT2D eigenvalue weighted by molar-refractivity contribution is 0.250. The molecule has 0 aromatic heterocycles. The SMILES string of the molecule is CC(C)N(C)CCCCNC(=O)Nc1cccc(N2CCCS2(=O)=O)c1. The second-order valence-electron chi connectivity index (χ2n) is 6.95. The average molecular weight is 383 g/mol. The Morgan fingerprint density at radius 3 is 2.73 bits per heavy atom. The molecule has 1 aromatic rings. The molecular formula is C18H30N4O3S. The zero-order valence-corrected chi connectivity index (χ0v) is 16.7.